The summed E-state index contributed by atoms with van der Waals surface area (Å²) < 4.78 is 29.2. The van der Waals surface area contributed by atoms with Crippen LogP contribution in [0.15, 0.2) is 35.4 Å². The fourth-order valence-electron chi connectivity index (χ4n) is 3.50. The molecule has 2 aromatic rings. The first-order chi connectivity index (χ1) is 13.4. The second-order valence-electron chi connectivity index (χ2n) is 7.39. The Hall–Kier alpha value is -2.19. The molecule has 1 aliphatic rings. The molecule has 8 heteroatoms. The quantitative estimate of drug-likeness (QED) is 0.740. The van der Waals surface area contributed by atoms with E-state index in [0.717, 1.165) is 24.0 Å². The first-order valence-electron chi connectivity index (χ1n) is 9.77. The molecule has 152 valence electrons. The third-order valence-electron chi connectivity index (χ3n) is 5.29. The molecule has 7 nitrogen and oxygen atoms in total. The van der Waals surface area contributed by atoms with Crippen LogP contribution in [-0.2, 0) is 14.8 Å². The number of anilines is 1. The summed E-state index contributed by atoms with van der Waals surface area (Å²) in [6.45, 7) is 3.84. The van der Waals surface area contributed by atoms with E-state index in [4.69, 9.17) is 0 Å². The van der Waals surface area contributed by atoms with Gasteiger partial charge in [0.25, 0.3) is 0 Å². The van der Waals surface area contributed by atoms with Crippen molar-refractivity contribution in [2.45, 2.75) is 63.3 Å². The van der Waals surface area contributed by atoms with Crippen molar-refractivity contribution in [3.05, 3.63) is 41.6 Å². The molecule has 1 saturated carbocycles. The SMILES string of the molecule is Cc1ccc(S(=O)(=O)NCCC(=O)Nc2ccnn2C2CCCCC2)cc1C. The number of aryl methyl sites for hydroxylation is 2. The lowest BCUT2D eigenvalue weighted by atomic mass is 9.96. The smallest absolute Gasteiger partial charge is 0.240 e. The highest BCUT2D eigenvalue weighted by atomic mass is 32.2. The van der Waals surface area contributed by atoms with Crippen LogP contribution in [0, 0.1) is 13.8 Å². The molecule has 1 amide bonds. The molecule has 0 atom stereocenters. The Labute approximate surface area is 166 Å². The summed E-state index contributed by atoms with van der Waals surface area (Å²) in [5.74, 6) is 0.439. The van der Waals surface area contributed by atoms with Crippen molar-refractivity contribution in [1.82, 2.24) is 14.5 Å². The molecule has 0 spiro atoms. The van der Waals surface area contributed by atoms with E-state index in [1.165, 1.54) is 19.3 Å². The summed E-state index contributed by atoms with van der Waals surface area (Å²) in [5, 5.41) is 7.22. The van der Waals surface area contributed by atoms with Gasteiger partial charge in [-0.15, -0.1) is 0 Å². The zero-order valence-corrected chi connectivity index (χ0v) is 17.3. The van der Waals surface area contributed by atoms with Crippen molar-refractivity contribution in [2.75, 3.05) is 11.9 Å². The van der Waals surface area contributed by atoms with E-state index < -0.39 is 10.0 Å². The van der Waals surface area contributed by atoms with E-state index >= 15 is 0 Å². The van der Waals surface area contributed by atoms with Crippen molar-refractivity contribution in [1.29, 1.82) is 0 Å². The summed E-state index contributed by atoms with van der Waals surface area (Å²) in [6.07, 6.45) is 7.49. The zero-order valence-electron chi connectivity index (χ0n) is 16.4. The minimum Gasteiger partial charge on any atom is -0.311 e. The summed E-state index contributed by atoms with van der Waals surface area (Å²) in [4.78, 5) is 12.5. The monoisotopic (exact) mass is 404 g/mol. The molecule has 3 rings (SSSR count). The Bertz CT molecular complexity index is 931. The molecular weight excluding hydrogens is 376 g/mol. The number of sulfonamides is 1. The van der Waals surface area contributed by atoms with Gasteiger partial charge in [0, 0.05) is 19.0 Å². The zero-order chi connectivity index (χ0) is 20.1. The Morgan fingerprint density at radius 1 is 1.14 bits per heavy atom. The van der Waals surface area contributed by atoms with Crippen LogP contribution in [0.2, 0.25) is 0 Å². The number of nitrogens with one attached hydrogen (secondary N) is 2. The van der Waals surface area contributed by atoms with Crippen LogP contribution in [0.4, 0.5) is 5.82 Å². The number of rotatable bonds is 7. The largest absolute Gasteiger partial charge is 0.311 e. The number of hydrogen-bond acceptors (Lipinski definition) is 4. The first kappa shape index (κ1) is 20.5. The van der Waals surface area contributed by atoms with Crippen molar-refractivity contribution in [3.8, 4) is 0 Å². The fourth-order valence-corrected chi connectivity index (χ4v) is 4.62. The van der Waals surface area contributed by atoms with Crippen LogP contribution in [-0.4, -0.2) is 30.7 Å². The lowest BCUT2D eigenvalue weighted by Crippen LogP contribution is -2.28. The maximum absolute atomic E-state index is 12.4. The van der Waals surface area contributed by atoms with Crippen molar-refractivity contribution >= 4 is 21.7 Å². The standard InChI is InChI=1S/C20H28N4O3S/c1-15-8-9-18(14-16(15)2)28(26,27)22-13-11-20(25)23-19-10-12-21-24(19)17-6-4-3-5-7-17/h8-10,12,14,17,22H,3-7,11,13H2,1-2H3,(H,23,25). The van der Waals surface area contributed by atoms with E-state index in [2.05, 4.69) is 15.1 Å². The second-order valence-corrected chi connectivity index (χ2v) is 9.16. The van der Waals surface area contributed by atoms with Crippen LogP contribution in [0.3, 0.4) is 0 Å². The number of carbonyl (C=O) groups is 1. The molecule has 0 bridgehead atoms. The highest BCUT2D eigenvalue weighted by Gasteiger charge is 2.19. The first-order valence-corrected chi connectivity index (χ1v) is 11.3. The summed E-state index contributed by atoms with van der Waals surface area (Å²) in [7, 11) is -3.63. The van der Waals surface area contributed by atoms with Gasteiger partial charge in [0.2, 0.25) is 15.9 Å². The molecule has 28 heavy (non-hydrogen) atoms. The molecule has 0 saturated heterocycles. The topological polar surface area (TPSA) is 93.1 Å². The molecule has 1 fully saturated rings. The number of benzene rings is 1. The van der Waals surface area contributed by atoms with E-state index in [1.54, 1.807) is 30.5 Å². The average molecular weight is 405 g/mol. The number of amides is 1. The average Bonchev–Trinajstić information content (AvgIpc) is 3.12. The number of hydrogen-bond donors (Lipinski definition) is 2. The Morgan fingerprint density at radius 2 is 1.89 bits per heavy atom. The highest BCUT2D eigenvalue weighted by Crippen LogP contribution is 2.29. The Balaban J connectivity index is 1.53. The lowest BCUT2D eigenvalue weighted by molar-refractivity contribution is -0.116. The summed E-state index contributed by atoms with van der Waals surface area (Å²) >= 11 is 0. The maximum atomic E-state index is 12.4. The molecule has 0 aliphatic heterocycles. The van der Waals surface area contributed by atoms with Crippen molar-refractivity contribution in [3.63, 3.8) is 0 Å². The van der Waals surface area contributed by atoms with Gasteiger partial charge in [0.1, 0.15) is 5.82 Å². The number of nitrogens with zero attached hydrogens (tertiary/aromatic N) is 2. The van der Waals surface area contributed by atoms with E-state index in [0.29, 0.717) is 11.9 Å². The molecule has 1 aliphatic carbocycles. The minimum atomic E-state index is -3.63. The van der Waals surface area contributed by atoms with Gasteiger partial charge in [-0.1, -0.05) is 25.3 Å². The molecule has 1 heterocycles. The predicted molar refractivity (Wildman–Crippen MR) is 109 cm³/mol. The molecule has 0 unspecified atom stereocenters. The third-order valence-corrected chi connectivity index (χ3v) is 6.75. The van der Waals surface area contributed by atoms with Crippen molar-refractivity contribution < 1.29 is 13.2 Å². The van der Waals surface area contributed by atoms with Crippen LogP contribution in [0.25, 0.3) is 0 Å². The van der Waals surface area contributed by atoms with Crippen molar-refractivity contribution in [2.24, 2.45) is 0 Å². The second kappa shape index (κ2) is 8.87. The van der Waals surface area contributed by atoms with E-state index in [-0.39, 0.29) is 23.8 Å². The van der Waals surface area contributed by atoms with E-state index in [1.807, 2.05) is 18.5 Å². The van der Waals surface area contributed by atoms with Gasteiger partial charge in [-0.3, -0.25) is 4.79 Å². The highest BCUT2D eigenvalue weighted by molar-refractivity contribution is 7.89. The molecule has 0 radical (unpaired) electrons. The van der Waals surface area contributed by atoms with Gasteiger partial charge in [-0.2, -0.15) is 5.10 Å². The van der Waals surface area contributed by atoms with Gasteiger partial charge in [0.15, 0.2) is 0 Å². The third kappa shape index (κ3) is 4.99. The number of carbonyl (C=O) groups excluding carboxylic acids is 1. The van der Waals surface area contributed by atoms with Crippen LogP contribution < -0.4 is 10.0 Å². The Morgan fingerprint density at radius 3 is 2.61 bits per heavy atom. The van der Waals surface area contributed by atoms with Crippen LogP contribution in [0.1, 0.15) is 55.7 Å². The molecular formula is C20H28N4O3S. The maximum Gasteiger partial charge on any atom is 0.240 e. The lowest BCUT2D eigenvalue weighted by Gasteiger charge is -2.23. The van der Waals surface area contributed by atoms with Gasteiger partial charge < -0.3 is 5.32 Å². The van der Waals surface area contributed by atoms with E-state index in [9.17, 15) is 13.2 Å². The molecule has 1 aromatic carbocycles. The predicted octanol–water partition coefficient (Wildman–Crippen LogP) is 3.31. The molecule has 2 N–H and O–H groups in total. The summed E-state index contributed by atoms with van der Waals surface area (Å²) in [6, 6.07) is 7.10. The normalized spacial score (nSPS) is 15.5. The van der Waals surface area contributed by atoms with Crippen LogP contribution >= 0.6 is 0 Å². The minimum absolute atomic E-state index is 0.0403. The van der Waals surface area contributed by atoms with Gasteiger partial charge in [-0.25, -0.2) is 17.8 Å². The summed E-state index contributed by atoms with van der Waals surface area (Å²) in [5.41, 5.74) is 1.95. The van der Waals surface area contributed by atoms with Crippen LogP contribution in [0.5, 0.6) is 0 Å². The molecule has 1 aromatic heterocycles. The van der Waals surface area contributed by atoms with Gasteiger partial charge in [0.05, 0.1) is 17.1 Å². The van der Waals surface area contributed by atoms with Gasteiger partial charge in [-0.05, 0) is 49.9 Å². The Kier molecular flexibility index (Phi) is 6.51. The van der Waals surface area contributed by atoms with Gasteiger partial charge >= 0.3 is 0 Å². The fraction of sp³-hybridized carbons (Fsp3) is 0.500. The number of aromatic nitrogens is 2.